The summed E-state index contributed by atoms with van der Waals surface area (Å²) in [6.07, 6.45) is -3.75. The number of halogens is 3. The van der Waals surface area contributed by atoms with Crippen molar-refractivity contribution < 1.29 is 21.6 Å². The molecule has 0 aliphatic heterocycles. The van der Waals surface area contributed by atoms with Crippen LogP contribution >= 0.6 is 0 Å². The first-order chi connectivity index (χ1) is 10.2. The van der Waals surface area contributed by atoms with Crippen LogP contribution in [0.15, 0.2) is 47.5 Å². The van der Waals surface area contributed by atoms with Crippen molar-refractivity contribution in [2.24, 2.45) is 0 Å². The molecule has 0 spiro atoms. The highest BCUT2D eigenvalue weighted by Crippen LogP contribution is 2.30. The molecule has 0 atom stereocenters. The molecule has 114 valence electrons. The van der Waals surface area contributed by atoms with E-state index < -0.39 is 27.6 Å². The predicted octanol–water partition coefficient (Wildman–Crippen LogP) is 2.77. The largest absolute Gasteiger partial charge is 0.416 e. The number of anilines is 1. The molecular formula is C13H8F3N3O2S. The van der Waals surface area contributed by atoms with Crippen molar-refractivity contribution in [2.45, 2.75) is 11.1 Å². The lowest BCUT2D eigenvalue weighted by Gasteiger charge is -2.10. The zero-order valence-electron chi connectivity index (χ0n) is 10.8. The van der Waals surface area contributed by atoms with Crippen molar-refractivity contribution in [1.29, 1.82) is 5.26 Å². The maximum absolute atomic E-state index is 12.6. The second-order valence-electron chi connectivity index (χ2n) is 4.17. The molecule has 2 aromatic rings. The van der Waals surface area contributed by atoms with E-state index in [0.717, 1.165) is 18.3 Å². The standard InChI is InChI=1S/C13H8F3N3O2S/c14-13(15,16)10-4-5-18-12(7-10)19-22(20,21)11-3-1-2-9(6-11)8-17/h1-7H,(H,18,19). The fourth-order valence-electron chi connectivity index (χ4n) is 1.59. The van der Waals surface area contributed by atoms with Gasteiger partial charge in [0.05, 0.1) is 22.1 Å². The van der Waals surface area contributed by atoms with Gasteiger partial charge in [0, 0.05) is 6.20 Å². The summed E-state index contributed by atoms with van der Waals surface area (Å²) in [5, 5.41) is 8.74. The number of benzene rings is 1. The van der Waals surface area contributed by atoms with E-state index in [9.17, 15) is 21.6 Å². The number of rotatable bonds is 3. The summed E-state index contributed by atoms with van der Waals surface area (Å²) in [5.41, 5.74) is -0.911. The van der Waals surface area contributed by atoms with E-state index in [1.165, 1.54) is 18.2 Å². The highest BCUT2D eigenvalue weighted by atomic mass is 32.2. The summed E-state index contributed by atoms with van der Waals surface area (Å²) in [6.45, 7) is 0. The van der Waals surface area contributed by atoms with Crippen LogP contribution in [0.2, 0.25) is 0 Å². The van der Waals surface area contributed by atoms with Crippen molar-refractivity contribution in [1.82, 2.24) is 4.98 Å². The van der Waals surface area contributed by atoms with Gasteiger partial charge in [-0.1, -0.05) is 6.07 Å². The maximum Gasteiger partial charge on any atom is 0.416 e. The van der Waals surface area contributed by atoms with E-state index in [4.69, 9.17) is 5.26 Å². The van der Waals surface area contributed by atoms with Gasteiger partial charge in [-0.2, -0.15) is 18.4 Å². The van der Waals surface area contributed by atoms with Crippen LogP contribution in [0, 0.1) is 11.3 Å². The highest BCUT2D eigenvalue weighted by Gasteiger charge is 2.31. The molecular weight excluding hydrogens is 319 g/mol. The maximum atomic E-state index is 12.6. The Morgan fingerprint density at radius 1 is 1.18 bits per heavy atom. The number of nitrogens with one attached hydrogen (secondary N) is 1. The van der Waals surface area contributed by atoms with Crippen molar-refractivity contribution >= 4 is 15.8 Å². The van der Waals surface area contributed by atoms with Crippen LogP contribution in [0.4, 0.5) is 19.0 Å². The summed E-state index contributed by atoms with van der Waals surface area (Å²) in [5.74, 6) is -0.461. The van der Waals surface area contributed by atoms with Gasteiger partial charge >= 0.3 is 6.18 Å². The molecule has 9 heteroatoms. The Morgan fingerprint density at radius 3 is 2.55 bits per heavy atom. The second-order valence-corrected chi connectivity index (χ2v) is 5.86. The third-order valence-corrected chi connectivity index (χ3v) is 3.95. The molecule has 22 heavy (non-hydrogen) atoms. The molecule has 1 N–H and O–H groups in total. The molecule has 2 rings (SSSR count). The first-order valence-electron chi connectivity index (χ1n) is 5.78. The molecule has 1 aromatic carbocycles. The Balaban J connectivity index is 2.35. The lowest BCUT2D eigenvalue weighted by molar-refractivity contribution is -0.137. The van der Waals surface area contributed by atoms with Crippen molar-refractivity contribution in [3.63, 3.8) is 0 Å². The van der Waals surface area contributed by atoms with Gasteiger partial charge in [0.25, 0.3) is 10.0 Å². The van der Waals surface area contributed by atoms with Gasteiger partial charge in [0.1, 0.15) is 5.82 Å². The first kappa shape index (κ1) is 15.8. The van der Waals surface area contributed by atoms with Crippen molar-refractivity contribution in [2.75, 3.05) is 4.72 Å². The average Bonchev–Trinajstić information content (AvgIpc) is 2.46. The van der Waals surface area contributed by atoms with Crippen LogP contribution in [0.25, 0.3) is 0 Å². The summed E-state index contributed by atoms with van der Waals surface area (Å²) in [7, 11) is -4.14. The summed E-state index contributed by atoms with van der Waals surface area (Å²) < 4.78 is 63.9. The molecule has 5 nitrogen and oxygen atoms in total. The third kappa shape index (κ3) is 3.53. The van der Waals surface area contributed by atoms with Crippen molar-refractivity contribution in [3.05, 3.63) is 53.7 Å². The minimum atomic E-state index is -4.61. The molecule has 0 radical (unpaired) electrons. The summed E-state index contributed by atoms with van der Waals surface area (Å²) in [4.78, 5) is 3.31. The fraction of sp³-hybridized carbons (Fsp3) is 0.0769. The Bertz CT molecular complexity index is 842. The molecule has 0 saturated heterocycles. The zero-order chi connectivity index (χ0) is 16.4. The number of sulfonamides is 1. The predicted molar refractivity (Wildman–Crippen MR) is 71.2 cm³/mol. The number of hydrogen-bond donors (Lipinski definition) is 1. The minimum Gasteiger partial charge on any atom is -0.263 e. The molecule has 0 aliphatic rings. The van der Waals surface area contributed by atoms with Crippen LogP contribution in [-0.2, 0) is 16.2 Å². The number of hydrogen-bond acceptors (Lipinski definition) is 4. The van der Waals surface area contributed by atoms with E-state index in [1.807, 2.05) is 4.72 Å². The lowest BCUT2D eigenvalue weighted by Crippen LogP contribution is -2.15. The van der Waals surface area contributed by atoms with Crippen LogP contribution in [0.3, 0.4) is 0 Å². The van der Waals surface area contributed by atoms with Gasteiger partial charge in [0.2, 0.25) is 0 Å². The SMILES string of the molecule is N#Cc1cccc(S(=O)(=O)Nc2cc(C(F)(F)F)ccn2)c1. The normalized spacial score (nSPS) is 11.7. The monoisotopic (exact) mass is 327 g/mol. The quantitative estimate of drug-likeness (QED) is 0.939. The van der Waals surface area contributed by atoms with E-state index in [2.05, 4.69) is 4.98 Å². The van der Waals surface area contributed by atoms with Gasteiger partial charge in [-0.25, -0.2) is 13.4 Å². The van der Waals surface area contributed by atoms with E-state index in [0.29, 0.717) is 6.07 Å². The first-order valence-corrected chi connectivity index (χ1v) is 7.27. The van der Waals surface area contributed by atoms with Gasteiger partial charge in [-0.15, -0.1) is 0 Å². The van der Waals surface area contributed by atoms with E-state index in [1.54, 1.807) is 6.07 Å². The lowest BCUT2D eigenvalue weighted by atomic mass is 10.2. The Hall–Kier alpha value is -2.60. The molecule has 1 heterocycles. The molecule has 0 saturated carbocycles. The average molecular weight is 327 g/mol. The zero-order valence-corrected chi connectivity index (χ0v) is 11.6. The Kier molecular flexibility index (Phi) is 4.05. The van der Waals surface area contributed by atoms with Crippen LogP contribution in [-0.4, -0.2) is 13.4 Å². The summed E-state index contributed by atoms with van der Waals surface area (Å²) in [6, 6.07) is 8.18. The smallest absolute Gasteiger partial charge is 0.263 e. The number of pyridine rings is 1. The summed E-state index contributed by atoms with van der Waals surface area (Å²) >= 11 is 0. The van der Waals surface area contributed by atoms with Gasteiger partial charge in [-0.05, 0) is 30.3 Å². The molecule has 0 fully saturated rings. The molecule has 1 aromatic heterocycles. The fourth-order valence-corrected chi connectivity index (χ4v) is 2.64. The van der Waals surface area contributed by atoms with E-state index >= 15 is 0 Å². The minimum absolute atomic E-state index is 0.111. The van der Waals surface area contributed by atoms with Crippen molar-refractivity contribution in [3.8, 4) is 6.07 Å². The molecule has 0 amide bonds. The topological polar surface area (TPSA) is 82.8 Å². The highest BCUT2D eigenvalue weighted by molar-refractivity contribution is 7.92. The molecule has 0 bridgehead atoms. The number of alkyl halides is 3. The van der Waals surface area contributed by atoms with Crippen LogP contribution in [0.1, 0.15) is 11.1 Å². The molecule has 0 unspecified atom stereocenters. The van der Waals surface area contributed by atoms with Gasteiger partial charge in [-0.3, -0.25) is 4.72 Å². The third-order valence-electron chi connectivity index (χ3n) is 2.60. The number of nitrogens with zero attached hydrogens (tertiary/aromatic N) is 2. The van der Waals surface area contributed by atoms with Crippen LogP contribution in [0.5, 0.6) is 0 Å². The van der Waals surface area contributed by atoms with Gasteiger partial charge < -0.3 is 0 Å². The van der Waals surface area contributed by atoms with Crippen LogP contribution < -0.4 is 4.72 Å². The van der Waals surface area contributed by atoms with E-state index in [-0.39, 0.29) is 10.5 Å². The number of nitriles is 1. The number of aromatic nitrogens is 1. The van der Waals surface area contributed by atoms with Gasteiger partial charge in [0.15, 0.2) is 0 Å². The second kappa shape index (κ2) is 5.65. The Labute approximate surface area is 124 Å². The molecule has 0 aliphatic carbocycles. The Morgan fingerprint density at radius 2 is 1.91 bits per heavy atom.